The van der Waals surface area contributed by atoms with E-state index in [1.54, 1.807) is 13.8 Å². The molecule has 0 radical (unpaired) electrons. The molecule has 0 aromatic carbocycles. The van der Waals surface area contributed by atoms with E-state index < -0.39 is 128 Å². The lowest BCUT2D eigenvalue weighted by atomic mass is 10.0. The first-order valence-corrected chi connectivity index (χ1v) is 15.9. The third-order valence-electron chi connectivity index (χ3n) is 7.15. The fraction of sp³-hybridized carbons (Fsp3) is 0.724. The normalized spacial score (nSPS) is 17.1. The van der Waals surface area contributed by atoms with Crippen molar-refractivity contribution in [3.8, 4) is 0 Å². The number of nitrogens with two attached hydrogens (primary N) is 1. The number of aliphatic carboxylic acids is 2. The van der Waals surface area contributed by atoms with Crippen LogP contribution in [0.5, 0.6) is 0 Å². The molecule has 0 aromatic rings. The minimum absolute atomic E-state index is 0.0591. The van der Waals surface area contributed by atoms with Crippen molar-refractivity contribution in [1.29, 1.82) is 0 Å². The number of hydrogen-bond acceptors (Lipinski definition) is 14. The third-order valence-corrected chi connectivity index (χ3v) is 7.15. The first kappa shape index (κ1) is 46.5. The Morgan fingerprint density at radius 3 is 1.24 bits per heavy atom. The van der Waals surface area contributed by atoms with E-state index in [9.17, 15) is 58.8 Å². The summed E-state index contributed by atoms with van der Waals surface area (Å²) in [5.74, 6) is -9.84. The number of rotatable bonds is 23. The fourth-order valence-corrected chi connectivity index (χ4v) is 4.26. The van der Waals surface area contributed by atoms with Gasteiger partial charge in [0.1, 0.15) is 36.3 Å². The van der Waals surface area contributed by atoms with Crippen LogP contribution in [-0.2, 0) is 38.4 Å². The van der Waals surface area contributed by atoms with Gasteiger partial charge in [-0.3, -0.25) is 33.6 Å². The monoisotopic (exact) mass is 737 g/mol. The molecule has 0 saturated carbocycles. The summed E-state index contributed by atoms with van der Waals surface area (Å²) in [4.78, 5) is 99.4. The van der Waals surface area contributed by atoms with E-state index in [1.807, 2.05) is 5.32 Å². The number of carbonyl (C=O) groups is 8. The number of amides is 6. The van der Waals surface area contributed by atoms with Crippen molar-refractivity contribution >= 4 is 47.4 Å². The molecule has 10 atom stereocenters. The van der Waals surface area contributed by atoms with E-state index in [4.69, 9.17) is 21.1 Å². The summed E-state index contributed by atoms with van der Waals surface area (Å²) in [7, 11) is 0. The van der Waals surface area contributed by atoms with Crippen LogP contribution >= 0.6 is 0 Å². The minimum atomic E-state index is -1.88. The second-order valence-electron chi connectivity index (χ2n) is 12.2. The minimum Gasteiger partial charge on any atom is -0.481 e. The third kappa shape index (κ3) is 16.4. The van der Waals surface area contributed by atoms with Crippen molar-refractivity contribution in [3.05, 3.63) is 0 Å². The molecule has 0 fully saturated rings. The van der Waals surface area contributed by atoms with Gasteiger partial charge in [0, 0.05) is 6.42 Å². The van der Waals surface area contributed by atoms with Gasteiger partial charge in [-0.25, -0.2) is 4.79 Å². The van der Waals surface area contributed by atoms with Crippen LogP contribution in [-0.4, -0.2) is 157 Å². The van der Waals surface area contributed by atoms with Gasteiger partial charge < -0.3 is 73.4 Å². The van der Waals surface area contributed by atoms with Crippen LogP contribution in [0.4, 0.5) is 0 Å². The number of nitrogens with one attached hydrogen (secondary N) is 6. The summed E-state index contributed by atoms with van der Waals surface area (Å²) in [5.41, 5.74) is 5.64. The molecule has 0 aliphatic rings. The predicted octanol–water partition coefficient (Wildman–Crippen LogP) is -6.66. The van der Waals surface area contributed by atoms with Crippen LogP contribution in [0.2, 0.25) is 0 Å². The molecular formula is C29H51N7O15. The Morgan fingerprint density at radius 2 is 0.882 bits per heavy atom. The van der Waals surface area contributed by atoms with Gasteiger partial charge >= 0.3 is 11.9 Å². The van der Waals surface area contributed by atoms with E-state index in [0.29, 0.717) is 0 Å². The largest absolute Gasteiger partial charge is 0.481 e. The molecule has 51 heavy (non-hydrogen) atoms. The average molecular weight is 738 g/mol. The average Bonchev–Trinajstić information content (AvgIpc) is 3.02. The second-order valence-corrected chi connectivity index (χ2v) is 12.2. The maximum atomic E-state index is 13.3. The summed E-state index contributed by atoms with van der Waals surface area (Å²) < 4.78 is 0. The molecule has 0 rings (SSSR count). The zero-order valence-corrected chi connectivity index (χ0v) is 28.9. The Morgan fingerprint density at radius 1 is 0.529 bits per heavy atom. The highest BCUT2D eigenvalue weighted by atomic mass is 16.4. The molecule has 15 N–H and O–H groups in total. The second kappa shape index (κ2) is 22.4. The molecule has 0 heterocycles. The van der Waals surface area contributed by atoms with E-state index in [1.165, 1.54) is 0 Å². The van der Waals surface area contributed by atoms with Crippen LogP contribution in [0.3, 0.4) is 0 Å². The van der Waals surface area contributed by atoms with E-state index >= 15 is 0 Å². The van der Waals surface area contributed by atoms with Crippen molar-refractivity contribution < 1.29 is 74.1 Å². The Hall–Kier alpha value is -4.48. The molecular weight excluding hydrogens is 686 g/mol. The standard InChI is InChI=1S/C29H51N7O15/c1-11(2)8-16(31-25(46)17(9-37)32-23(44)15(30)6-7-19(42)43)24(45)34-21(13(4)40)27(48)36-22(14(5)41)28(49)35-20(12(3)39)26(47)33-18(10-38)29(50)51/h11-18,20-22,37-41H,6-10,30H2,1-5H3,(H,31,46)(H,32,44)(H,33,47)(H,34,45)(H,35,49)(H,36,48)(H,42,43)(H,50,51)/t12-,13-,14-,15+,16+,17+,18+,20+,21+,22+/m1/s1. The van der Waals surface area contributed by atoms with Gasteiger partial charge in [0.15, 0.2) is 0 Å². The molecule has 22 nitrogen and oxygen atoms in total. The fourth-order valence-electron chi connectivity index (χ4n) is 4.26. The summed E-state index contributed by atoms with van der Waals surface area (Å²) in [6.07, 6.45) is -5.75. The Labute approximate surface area is 292 Å². The first-order chi connectivity index (χ1) is 23.6. The maximum absolute atomic E-state index is 13.3. The summed E-state index contributed by atoms with van der Waals surface area (Å²) in [6, 6.07) is -11.7. The van der Waals surface area contributed by atoms with Gasteiger partial charge in [-0.1, -0.05) is 13.8 Å². The van der Waals surface area contributed by atoms with Gasteiger partial charge in [0.25, 0.3) is 0 Å². The van der Waals surface area contributed by atoms with Crippen LogP contribution in [0, 0.1) is 5.92 Å². The smallest absolute Gasteiger partial charge is 0.328 e. The molecule has 0 saturated heterocycles. The molecule has 292 valence electrons. The summed E-state index contributed by atoms with van der Waals surface area (Å²) in [6.45, 7) is 4.61. The molecule has 0 spiro atoms. The topological polar surface area (TPSA) is 376 Å². The van der Waals surface area contributed by atoms with Gasteiger partial charge in [0.05, 0.1) is 37.6 Å². The SMILES string of the molecule is CC(C)C[C@H](NC(=O)[C@H](CO)NC(=O)[C@@H](N)CCC(=O)O)C(=O)N[C@H](C(=O)N[C@H](C(=O)N[C@H](C(=O)N[C@@H](CO)C(=O)O)[C@@H](C)O)[C@@H](C)O)[C@@H](C)O. The highest BCUT2D eigenvalue weighted by molar-refractivity contribution is 5.97. The molecule has 22 heteroatoms. The number of aliphatic hydroxyl groups is 5. The molecule has 0 bridgehead atoms. The molecule has 6 amide bonds. The molecule has 0 aliphatic heterocycles. The highest BCUT2D eigenvalue weighted by Crippen LogP contribution is 2.08. The van der Waals surface area contributed by atoms with Gasteiger partial charge in [-0.05, 0) is 39.5 Å². The quantitative estimate of drug-likeness (QED) is 0.0463. The Balaban J connectivity index is 5.94. The molecule has 0 unspecified atom stereocenters. The van der Waals surface area contributed by atoms with Crippen molar-refractivity contribution in [3.63, 3.8) is 0 Å². The van der Waals surface area contributed by atoms with Gasteiger partial charge in [-0.15, -0.1) is 0 Å². The lowest BCUT2D eigenvalue weighted by Gasteiger charge is -2.29. The lowest BCUT2D eigenvalue weighted by molar-refractivity contribution is -0.144. The Kier molecular flexibility index (Phi) is 20.4. The highest BCUT2D eigenvalue weighted by Gasteiger charge is 2.37. The number of carbonyl (C=O) groups excluding carboxylic acids is 6. The summed E-state index contributed by atoms with van der Waals surface area (Å²) in [5, 5.41) is 80.2. The van der Waals surface area contributed by atoms with E-state index in [2.05, 4.69) is 26.6 Å². The van der Waals surface area contributed by atoms with Crippen molar-refractivity contribution in [2.45, 2.75) is 114 Å². The number of carboxylic acids is 2. The zero-order chi connectivity index (χ0) is 39.7. The number of aliphatic hydroxyl groups excluding tert-OH is 5. The number of carboxylic acid groups (broad SMARTS) is 2. The van der Waals surface area contributed by atoms with Crippen molar-refractivity contribution in [2.24, 2.45) is 11.7 Å². The lowest BCUT2D eigenvalue weighted by Crippen LogP contribution is -2.64. The zero-order valence-electron chi connectivity index (χ0n) is 28.9. The van der Waals surface area contributed by atoms with Crippen molar-refractivity contribution in [1.82, 2.24) is 31.9 Å². The van der Waals surface area contributed by atoms with Crippen LogP contribution in [0.25, 0.3) is 0 Å². The number of hydrogen-bond donors (Lipinski definition) is 14. The molecule has 0 aliphatic carbocycles. The van der Waals surface area contributed by atoms with E-state index in [-0.39, 0.29) is 18.8 Å². The maximum Gasteiger partial charge on any atom is 0.328 e. The van der Waals surface area contributed by atoms with Gasteiger partial charge in [-0.2, -0.15) is 0 Å². The first-order valence-electron chi connectivity index (χ1n) is 15.9. The summed E-state index contributed by atoms with van der Waals surface area (Å²) >= 11 is 0. The molecule has 0 aromatic heterocycles. The van der Waals surface area contributed by atoms with Crippen LogP contribution in [0.15, 0.2) is 0 Å². The predicted molar refractivity (Wildman–Crippen MR) is 173 cm³/mol. The van der Waals surface area contributed by atoms with Crippen LogP contribution in [0.1, 0.15) is 53.9 Å². The van der Waals surface area contributed by atoms with Crippen LogP contribution < -0.4 is 37.6 Å². The van der Waals surface area contributed by atoms with Gasteiger partial charge in [0.2, 0.25) is 35.4 Å². The van der Waals surface area contributed by atoms with E-state index in [0.717, 1.165) is 20.8 Å². The Bertz CT molecular complexity index is 1230. The van der Waals surface area contributed by atoms with Crippen molar-refractivity contribution in [2.75, 3.05) is 13.2 Å².